The van der Waals surface area contributed by atoms with Gasteiger partial charge in [0.25, 0.3) is 10.2 Å². The third-order valence-electron chi connectivity index (χ3n) is 5.16. The molecule has 2 heterocycles. The largest absolute Gasteiger partial charge is 0.330 e. The van der Waals surface area contributed by atoms with Crippen molar-refractivity contribution in [2.75, 3.05) is 32.7 Å². The van der Waals surface area contributed by atoms with Crippen molar-refractivity contribution in [2.45, 2.75) is 32.1 Å². The highest BCUT2D eigenvalue weighted by Gasteiger charge is 2.43. The van der Waals surface area contributed by atoms with Gasteiger partial charge in [-0.15, -0.1) is 0 Å². The molecule has 2 aliphatic heterocycles. The predicted molar refractivity (Wildman–Crippen MR) is 74.7 cm³/mol. The van der Waals surface area contributed by atoms with Crippen LogP contribution in [0.15, 0.2) is 0 Å². The van der Waals surface area contributed by atoms with E-state index in [1.807, 2.05) is 0 Å². The van der Waals surface area contributed by atoms with E-state index in [0.717, 1.165) is 25.9 Å². The van der Waals surface area contributed by atoms with Gasteiger partial charge >= 0.3 is 0 Å². The van der Waals surface area contributed by atoms with Crippen molar-refractivity contribution in [2.24, 2.45) is 23.5 Å². The van der Waals surface area contributed by atoms with Crippen molar-refractivity contribution in [3.63, 3.8) is 0 Å². The Hall–Kier alpha value is -0.170. The first-order valence-electron chi connectivity index (χ1n) is 7.56. The van der Waals surface area contributed by atoms with Crippen molar-refractivity contribution >= 4 is 10.2 Å². The van der Waals surface area contributed by atoms with Crippen LogP contribution in [0.25, 0.3) is 0 Å². The van der Waals surface area contributed by atoms with Gasteiger partial charge in [-0.05, 0) is 50.0 Å². The Morgan fingerprint density at radius 1 is 0.947 bits per heavy atom. The Kier molecular flexibility index (Phi) is 3.86. The number of fused-ring (bicyclic) bond motifs is 1. The molecule has 0 aromatic rings. The van der Waals surface area contributed by atoms with Crippen LogP contribution in [0.2, 0.25) is 0 Å². The zero-order valence-electron chi connectivity index (χ0n) is 11.5. The first-order chi connectivity index (χ1) is 9.11. The standard InChI is InChI=1S/C13H25N3O2S/c14-7-11-3-2-6-15(8-11)19(17,18)16-9-12-4-1-5-13(12)10-16/h11-13H,1-10,14H2. The number of hydrogen-bond acceptors (Lipinski definition) is 3. The van der Waals surface area contributed by atoms with Gasteiger partial charge in [0.05, 0.1) is 0 Å². The number of nitrogens with zero attached hydrogens (tertiary/aromatic N) is 2. The van der Waals surface area contributed by atoms with Crippen molar-refractivity contribution in [3.8, 4) is 0 Å². The number of nitrogens with two attached hydrogens (primary N) is 1. The molecule has 6 heteroatoms. The zero-order valence-corrected chi connectivity index (χ0v) is 12.3. The maximum absolute atomic E-state index is 12.7. The second-order valence-corrected chi connectivity index (χ2v) is 8.31. The summed E-state index contributed by atoms with van der Waals surface area (Å²) in [5, 5.41) is 0. The van der Waals surface area contributed by atoms with Crippen molar-refractivity contribution in [3.05, 3.63) is 0 Å². The van der Waals surface area contributed by atoms with Crippen LogP contribution in [0.1, 0.15) is 32.1 Å². The minimum Gasteiger partial charge on any atom is -0.330 e. The SMILES string of the molecule is NCC1CCCN(S(=O)(=O)N2CC3CCCC3C2)C1. The molecule has 1 aliphatic carbocycles. The molecule has 2 saturated heterocycles. The smallest absolute Gasteiger partial charge is 0.282 e. The van der Waals surface area contributed by atoms with Crippen LogP contribution in [-0.4, -0.2) is 49.8 Å². The summed E-state index contributed by atoms with van der Waals surface area (Å²) in [6, 6.07) is 0. The molecule has 3 rings (SSSR count). The van der Waals surface area contributed by atoms with Crippen molar-refractivity contribution in [1.82, 2.24) is 8.61 Å². The van der Waals surface area contributed by atoms with Gasteiger partial charge in [0.2, 0.25) is 0 Å². The fourth-order valence-corrected chi connectivity index (χ4v) is 5.82. The number of rotatable bonds is 3. The van der Waals surface area contributed by atoms with Crippen LogP contribution in [0.5, 0.6) is 0 Å². The zero-order chi connectivity index (χ0) is 13.5. The third-order valence-corrected chi connectivity index (χ3v) is 7.10. The average Bonchev–Trinajstić information content (AvgIpc) is 2.99. The fraction of sp³-hybridized carbons (Fsp3) is 1.00. The quantitative estimate of drug-likeness (QED) is 0.828. The second kappa shape index (κ2) is 5.31. The number of piperidine rings is 1. The van der Waals surface area contributed by atoms with Gasteiger partial charge in [0, 0.05) is 26.2 Å². The van der Waals surface area contributed by atoms with E-state index in [4.69, 9.17) is 5.73 Å². The summed E-state index contributed by atoms with van der Waals surface area (Å²) >= 11 is 0. The van der Waals surface area contributed by atoms with Crippen LogP contribution in [0.3, 0.4) is 0 Å². The minimum atomic E-state index is -3.24. The molecule has 3 aliphatic rings. The summed E-state index contributed by atoms with van der Waals surface area (Å²) in [4.78, 5) is 0. The van der Waals surface area contributed by atoms with Crippen LogP contribution in [0, 0.1) is 17.8 Å². The van der Waals surface area contributed by atoms with E-state index in [1.165, 1.54) is 19.3 Å². The van der Waals surface area contributed by atoms with Crippen LogP contribution < -0.4 is 5.73 Å². The van der Waals surface area contributed by atoms with Gasteiger partial charge in [-0.1, -0.05) is 6.42 Å². The van der Waals surface area contributed by atoms with Crippen LogP contribution in [0.4, 0.5) is 0 Å². The molecule has 0 radical (unpaired) electrons. The Bertz CT molecular complexity index is 403. The molecule has 3 unspecified atom stereocenters. The van der Waals surface area contributed by atoms with E-state index in [2.05, 4.69) is 0 Å². The number of hydrogen-bond donors (Lipinski definition) is 1. The fourth-order valence-electron chi connectivity index (χ4n) is 3.97. The highest BCUT2D eigenvalue weighted by molar-refractivity contribution is 7.86. The summed E-state index contributed by atoms with van der Waals surface area (Å²) in [6.07, 6.45) is 5.71. The highest BCUT2D eigenvalue weighted by atomic mass is 32.2. The van der Waals surface area contributed by atoms with Crippen molar-refractivity contribution < 1.29 is 8.42 Å². The summed E-state index contributed by atoms with van der Waals surface area (Å²) in [5.41, 5.74) is 5.70. The lowest BCUT2D eigenvalue weighted by Gasteiger charge is -2.34. The van der Waals surface area contributed by atoms with Gasteiger partial charge in [-0.25, -0.2) is 0 Å². The highest BCUT2D eigenvalue weighted by Crippen LogP contribution is 2.39. The van der Waals surface area contributed by atoms with E-state index < -0.39 is 10.2 Å². The van der Waals surface area contributed by atoms with Crippen molar-refractivity contribution in [1.29, 1.82) is 0 Å². The van der Waals surface area contributed by atoms with Gasteiger partial charge in [0.15, 0.2) is 0 Å². The Balaban J connectivity index is 1.69. The average molecular weight is 287 g/mol. The van der Waals surface area contributed by atoms with E-state index in [1.54, 1.807) is 8.61 Å². The summed E-state index contributed by atoms with van der Waals surface area (Å²) in [5.74, 6) is 1.57. The molecule has 1 saturated carbocycles. The monoisotopic (exact) mass is 287 g/mol. The van der Waals surface area contributed by atoms with E-state index in [9.17, 15) is 8.42 Å². The summed E-state index contributed by atoms with van der Waals surface area (Å²) < 4.78 is 28.8. The van der Waals surface area contributed by atoms with E-state index >= 15 is 0 Å². The lowest BCUT2D eigenvalue weighted by atomic mass is 10.0. The second-order valence-electron chi connectivity index (χ2n) is 6.38. The summed E-state index contributed by atoms with van der Waals surface area (Å²) in [6.45, 7) is 3.38. The van der Waals surface area contributed by atoms with Gasteiger partial charge in [-0.3, -0.25) is 0 Å². The molecule has 2 N–H and O–H groups in total. The molecule has 5 nitrogen and oxygen atoms in total. The van der Waals surface area contributed by atoms with E-state index in [-0.39, 0.29) is 0 Å². The van der Waals surface area contributed by atoms with Crippen LogP contribution >= 0.6 is 0 Å². The molecule has 0 spiro atoms. The molecule has 3 fully saturated rings. The molecule has 0 amide bonds. The lowest BCUT2D eigenvalue weighted by Crippen LogP contribution is -2.48. The van der Waals surface area contributed by atoms with Gasteiger partial charge in [-0.2, -0.15) is 17.0 Å². The maximum Gasteiger partial charge on any atom is 0.282 e. The minimum absolute atomic E-state index is 0.339. The third kappa shape index (κ3) is 2.55. The summed E-state index contributed by atoms with van der Waals surface area (Å²) in [7, 11) is -3.24. The normalized spacial score (nSPS) is 37.6. The molecule has 110 valence electrons. The van der Waals surface area contributed by atoms with E-state index in [0.29, 0.717) is 37.4 Å². The Labute approximate surface area is 116 Å². The Morgan fingerprint density at radius 3 is 2.26 bits per heavy atom. The first-order valence-corrected chi connectivity index (χ1v) is 8.96. The molecule has 0 aromatic carbocycles. The van der Waals surface area contributed by atoms with Gasteiger partial charge in [0.1, 0.15) is 0 Å². The molecule has 0 bridgehead atoms. The molecular weight excluding hydrogens is 262 g/mol. The molecular formula is C13H25N3O2S. The predicted octanol–water partition coefficient (Wildman–Crippen LogP) is 0.634. The Morgan fingerprint density at radius 2 is 1.63 bits per heavy atom. The van der Waals surface area contributed by atoms with Gasteiger partial charge < -0.3 is 5.73 Å². The molecule has 19 heavy (non-hydrogen) atoms. The lowest BCUT2D eigenvalue weighted by molar-refractivity contribution is 0.254. The first kappa shape index (κ1) is 13.8. The molecule has 0 aromatic heterocycles. The molecule has 3 atom stereocenters. The maximum atomic E-state index is 12.7. The van der Waals surface area contributed by atoms with Crippen LogP contribution in [-0.2, 0) is 10.2 Å². The topological polar surface area (TPSA) is 66.6 Å².